The molecule has 0 fully saturated rings. The van der Waals surface area contributed by atoms with Crippen LogP contribution < -0.4 is 10.6 Å². The van der Waals surface area contributed by atoms with Crippen molar-refractivity contribution >= 4 is 41.0 Å². The highest BCUT2D eigenvalue weighted by Crippen LogP contribution is 2.31. The molecule has 1 aromatic heterocycles. The number of carbonyl (C=O) groups is 2. The summed E-state index contributed by atoms with van der Waals surface area (Å²) in [6, 6.07) is 9.19. The molecule has 0 aliphatic carbocycles. The first-order valence-corrected chi connectivity index (χ1v) is 9.31. The molecule has 0 atom stereocenters. The van der Waals surface area contributed by atoms with Crippen LogP contribution in [0.3, 0.4) is 0 Å². The fourth-order valence-electron chi connectivity index (χ4n) is 2.13. The van der Waals surface area contributed by atoms with E-state index in [1.807, 2.05) is 18.2 Å². The number of hydrogen-bond donors (Lipinski definition) is 2. The second kappa shape index (κ2) is 7.61. The summed E-state index contributed by atoms with van der Waals surface area (Å²) < 4.78 is 5.25. The van der Waals surface area contributed by atoms with Crippen molar-refractivity contribution in [2.24, 2.45) is 0 Å². The van der Waals surface area contributed by atoms with Crippen molar-refractivity contribution in [3.8, 4) is 0 Å². The van der Waals surface area contributed by atoms with Gasteiger partial charge in [-0.05, 0) is 30.3 Å². The normalized spacial score (nSPS) is 13.3. The van der Waals surface area contributed by atoms with Crippen LogP contribution in [0.2, 0.25) is 0 Å². The minimum Gasteiger partial charge on any atom is -0.468 e. The summed E-state index contributed by atoms with van der Waals surface area (Å²) in [5.74, 6) is 2.80. The Hall–Kier alpha value is -1.86. The number of rotatable bonds is 6. The molecule has 1 aliphatic rings. The number of anilines is 1. The Labute approximate surface area is 142 Å². The van der Waals surface area contributed by atoms with Crippen LogP contribution in [0.5, 0.6) is 0 Å². The first-order valence-electron chi connectivity index (χ1n) is 7.17. The molecule has 0 spiro atoms. The lowest BCUT2D eigenvalue weighted by Gasteiger charge is -2.16. The minimum atomic E-state index is -0.128. The second-order valence-corrected chi connectivity index (χ2v) is 7.06. The monoisotopic (exact) mass is 348 g/mol. The van der Waals surface area contributed by atoms with Crippen molar-refractivity contribution < 1.29 is 14.0 Å². The molecule has 2 aromatic rings. The number of furan rings is 1. The van der Waals surface area contributed by atoms with E-state index in [2.05, 4.69) is 10.6 Å². The molecule has 0 radical (unpaired) electrons. The molecule has 0 bridgehead atoms. The molecule has 0 unspecified atom stereocenters. The van der Waals surface area contributed by atoms with Gasteiger partial charge in [0.15, 0.2) is 0 Å². The molecule has 0 saturated heterocycles. The lowest BCUT2D eigenvalue weighted by Crippen LogP contribution is -2.26. The average Bonchev–Trinajstić information content (AvgIpc) is 3.07. The van der Waals surface area contributed by atoms with Gasteiger partial charge in [0, 0.05) is 22.8 Å². The fraction of sp³-hybridized carbons (Fsp3) is 0.250. The smallest absolute Gasteiger partial charge is 0.251 e. The van der Waals surface area contributed by atoms with E-state index < -0.39 is 0 Å². The second-order valence-electron chi connectivity index (χ2n) is 4.94. The topological polar surface area (TPSA) is 71.3 Å². The number of nitrogens with one attached hydrogen (secondary N) is 2. The third-order valence-electron chi connectivity index (χ3n) is 3.23. The Bertz CT molecular complexity index is 701. The van der Waals surface area contributed by atoms with Crippen molar-refractivity contribution in [1.29, 1.82) is 0 Å². The highest BCUT2D eigenvalue weighted by molar-refractivity contribution is 8.00. The first-order chi connectivity index (χ1) is 11.2. The number of thioether (sulfide) groups is 2. The SMILES string of the molecule is O=C1CSc2ccc(C(=O)NCCSCc3ccco3)cc2N1. The van der Waals surface area contributed by atoms with Crippen LogP contribution >= 0.6 is 23.5 Å². The predicted molar refractivity (Wildman–Crippen MR) is 93.0 cm³/mol. The van der Waals surface area contributed by atoms with Crippen molar-refractivity contribution in [1.82, 2.24) is 5.32 Å². The van der Waals surface area contributed by atoms with Crippen molar-refractivity contribution in [2.45, 2.75) is 10.6 Å². The number of hydrogen-bond acceptors (Lipinski definition) is 5. The van der Waals surface area contributed by atoms with Gasteiger partial charge >= 0.3 is 0 Å². The minimum absolute atomic E-state index is 0.0330. The number of benzene rings is 1. The van der Waals surface area contributed by atoms with Gasteiger partial charge in [0.25, 0.3) is 5.91 Å². The van der Waals surface area contributed by atoms with E-state index in [0.717, 1.165) is 22.2 Å². The largest absolute Gasteiger partial charge is 0.468 e. The molecule has 2 heterocycles. The third kappa shape index (κ3) is 4.33. The van der Waals surface area contributed by atoms with Gasteiger partial charge in [-0.1, -0.05) is 0 Å². The van der Waals surface area contributed by atoms with Crippen LogP contribution in [0.1, 0.15) is 16.1 Å². The summed E-state index contributed by atoms with van der Waals surface area (Å²) >= 11 is 3.19. The molecule has 1 aromatic carbocycles. The summed E-state index contributed by atoms with van der Waals surface area (Å²) in [5.41, 5.74) is 1.27. The Morgan fingerprint density at radius 1 is 1.39 bits per heavy atom. The average molecular weight is 348 g/mol. The van der Waals surface area contributed by atoms with Crippen molar-refractivity contribution in [3.63, 3.8) is 0 Å². The summed E-state index contributed by atoms with van der Waals surface area (Å²) in [6.45, 7) is 0.586. The van der Waals surface area contributed by atoms with Gasteiger partial charge in [-0.2, -0.15) is 11.8 Å². The third-order valence-corrected chi connectivity index (χ3v) is 5.29. The zero-order valence-electron chi connectivity index (χ0n) is 12.3. The molecule has 0 saturated carbocycles. The molecule has 120 valence electrons. The van der Waals surface area contributed by atoms with E-state index in [-0.39, 0.29) is 11.8 Å². The quantitative estimate of drug-likeness (QED) is 0.785. The van der Waals surface area contributed by atoms with E-state index in [0.29, 0.717) is 23.5 Å². The standard InChI is InChI=1S/C16H16N2O3S2/c19-15-10-23-14-4-3-11(8-13(14)18-15)16(20)17-5-7-22-9-12-2-1-6-21-12/h1-4,6,8H,5,7,9-10H2,(H,17,20)(H,18,19). The molecular formula is C16H16N2O3S2. The summed E-state index contributed by atoms with van der Waals surface area (Å²) in [6.07, 6.45) is 1.66. The van der Waals surface area contributed by atoms with Crippen molar-refractivity contribution in [3.05, 3.63) is 47.9 Å². The molecule has 3 rings (SSSR count). The van der Waals surface area contributed by atoms with E-state index in [1.54, 1.807) is 30.2 Å². The maximum Gasteiger partial charge on any atom is 0.251 e. The molecule has 5 nitrogen and oxygen atoms in total. The Kier molecular flexibility index (Phi) is 5.30. The summed E-state index contributed by atoms with van der Waals surface area (Å²) in [5, 5.41) is 5.68. The van der Waals surface area contributed by atoms with E-state index in [4.69, 9.17) is 4.42 Å². The van der Waals surface area contributed by atoms with Crippen LogP contribution in [0.25, 0.3) is 0 Å². The highest BCUT2D eigenvalue weighted by atomic mass is 32.2. The maximum atomic E-state index is 12.1. The van der Waals surface area contributed by atoms with Crippen LogP contribution in [0, 0.1) is 0 Å². The summed E-state index contributed by atoms with van der Waals surface area (Å²) in [7, 11) is 0. The van der Waals surface area contributed by atoms with Crippen LogP contribution in [0.15, 0.2) is 45.9 Å². The van der Waals surface area contributed by atoms with E-state index >= 15 is 0 Å². The molecule has 2 amide bonds. The number of carbonyl (C=O) groups excluding carboxylic acids is 2. The zero-order chi connectivity index (χ0) is 16.1. The van der Waals surface area contributed by atoms with Crippen molar-refractivity contribution in [2.75, 3.05) is 23.4 Å². The molecule has 1 aliphatic heterocycles. The predicted octanol–water partition coefficient (Wildman–Crippen LogP) is 2.99. The lowest BCUT2D eigenvalue weighted by atomic mass is 10.2. The first kappa shape index (κ1) is 16.0. The van der Waals surface area contributed by atoms with Gasteiger partial charge in [-0.25, -0.2) is 0 Å². The zero-order valence-corrected chi connectivity index (χ0v) is 14.0. The van der Waals surface area contributed by atoms with E-state index in [9.17, 15) is 9.59 Å². The summed E-state index contributed by atoms with van der Waals surface area (Å²) in [4.78, 5) is 24.5. The fourth-order valence-corrected chi connectivity index (χ4v) is 3.68. The van der Waals surface area contributed by atoms with Gasteiger partial charge in [0.1, 0.15) is 5.76 Å². The lowest BCUT2D eigenvalue weighted by molar-refractivity contribution is -0.113. The van der Waals surface area contributed by atoms with Gasteiger partial charge in [-0.15, -0.1) is 11.8 Å². The van der Waals surface area contributed by atoms with Crippen LogP contribution in [-0.4, -0.2) is 29.9 Å². The van der Waals surface area contributed by atoms with Gasteiger partial charge < -0.3 is 15.1 Å². The molecule has 23 heavy (non-hydrogen) atoms. The highest BCUT2D eigenvalue weighted by Gasteiger charge is 2.17. The van der Waals surface area contributed by atoms with Gasteiger partial charge in [0.2, 0.25) is 5.91 Å². The van der Waals surface area contributed by atoms with Crippen LogP contribution in [-0.2, 0) is 10.5 Å². The molecular weight excluding hydrogens is 332 g/mol. The van der Waals surface area contributed by atoms with Crippen LogP contribution in [0.4, 0.5) is 5.69 Å². The number of amides is 2. The van der Waals surface area contributed by atoms with Gasteiger partial charge in [0.05, 0.1) is 23.5 Å². The number of fused-ring (bicyclic) bond motifs is 1. The Morgan fingerprint density at radius 2 is 2.30 bits per heavy atom. The van der Waals surface area contributed by atoms with Gasteiger partial charge in [-0.3, -0.25) is 9.59 Å². The Balaban J connectivity index is 1.46. The molecule has 7 heteroatoms. The van der Waals surface area contributed by atoms with E-state index in [1.165, 1.54) is 11.8 Å². The molecule has 2 N–H and O–H groups in total. The Morgan fingerprint density at radius 3 is 3.13 bits per heavy atom. The maximum absolute atomic E-state index is 12.1.